The van der Waals surface area contributed by atoms with E-state index in [9.17, 15) is 13.2 Å². The number of likely N-dealkylation sites (N-methyl/N-ethyl adjacent to an activating group) is 1. The Morgan fingerprint density at radius 1 is 1.58 bits per heavy atom. The molecule has 0 aliphatic heterocycles. The van der Waals surface area contributed by atoms with Gasteiger partial charge in [-0.05, 0) is 6.92 Å². The first-order chi connectivity index (χ1) is 5.24. The molecule has 0 radical (unpaired) electrons. The zero-order chi connectivity index (χ0) is 9.94. The van der Waals surface area contributed by atoms with E-state index in [0.717, 1.165) is 4.90 Å². The van der Waals surface area contributed by atoms with Gasteiger partial charge in [-0.3, -0.25) is 0 Å². The number of halogens is 3. The molecule has 0 bridgehead atoms. The van der Waals surface area contributed by atoms with Crippen molar-refractivity contribution in [2.24, 2.45) is 5.73 Å². The van der Waals surface area contributed by atoms with Crippen LogP contribution in [0.15, 0.2) is 12.3 Å². The predicted octanol–water partition coefficient (Wildman–Crippen LogP) is 1.34. The van der Waals surface area contributed by atoms with Crippen LogP contribution in [-0.2, 0) is 0 Å². The molecule has 0 aliphatic rings. The first kappa shape index (κ1) is 11.3. The normalized spacial score (nSPS) is 14.2. The van der Waals surface area contributed by atoms with Crippen molar-refractivity contribution in [3.05, 3.63) is 12.3 Å². The van der Waals surface area contributed by atoms with Gasteiger partial charge in [-0.2, -0.15) is 13.2 Å². The van der Waals surface area contributed by atoms with Gasteiger partial charge in [0.25, 0.3) is 0 Å². The highest BCUT2D eigenvalue weighted by molar-refractivity contribution is 5.00. The van der Waals surface area contributed by atoms with Crippen LogP contribution in [0.1, 0.15) is 6.92 Å². The Balaban J connectivity index is 4.05. The van der Waals surface area contributed by atoms with Crippen LogP contribution in [0, 0.1) is 0 Å². The van der Waals surface area contributed by atoms with Gasteiger partial charge in [0.1, 0.15) is 6.54 Å². The molecule has 0 heterocycles. The molecule has 0 aromatic carbocycles. The molecule has 1 atom stereocenters. The first-order valence-electron chi connectivity index (χ1n) is 3.46. The minimum Gasteiger partial charge on any atom is -0.368 e. The highest BCUT2D eigenvalue weighted by Crippen LogP contribution is 2.17. The zero-order valence-corrected chi connectivity index (χ0v) is 7.15. The van der Waals surface area contributed by atoms with E-state index in [1.165, 1.54) is 7.05 Å². The summed E-state index contributed by atoms with van der Waals surface area (Å²) in [6.45, 7) is 4.03. The molecule has 5 heteroatoms. The molecule has 2 N–H and O–H groups in total. The SMILES string of the molecule is C=C([C@@H](C)N)N(C)CC(F)(F)F. The number of hydrogen-bond acceptors (Lipinski definition) is 2. The fourth-order valence-electron chi connectivity index (χ4n) is 0.718. The van der Waals surface area contributed by atoms with E-state index in [-0.39, 0.29) is 5.70 Å². The van der Waals surface area contributed by atoms with Crippen molar-refractivity contribution >= 4 is 0 Å². The van der Waals surface area contributed by atoms with Gasteiger partial charge in [-0.15, -0.1) is 0 Å². The van der Waals surface area contributed by atoms with E-state index in [0.29, 0.717) is 0 Å². The van der Waals surface area contributed by atoms with E-state index >= 15 is 0 Å². The van der Waals surface area contributed by atoms with Crippen LogP contribution in [0.4, 0.5) is 13.2 Å². The summed E-state index contributed by atoms with van der Waals surface area (Å²) < 4.78 is 35.4. The molecule has 0 aliphatic carbocycles. The summed E-state index contributed by atoms with van der Waals surface area (Å²) in [5, 5.41) is 0. The van der Waals surface area contributed by atoms with Gasteiger partial charge in [-0.1, -0.05) is 6.58 Å². The minimum absolute atomic E-state index is 0.285. The molecule has 12 heavy (non-hydrogen) atoms. The molecule has 0 amide bonds. The molecule has 72 valence electrons. The summed E-state index contributed by atoms with van der Waals surface area (Å²) in [7, 11) is 1.32. The number of hydrogen-bond donors (Lipinski definition) is 1. The number of alkyl halides is 3. The third-order valence-electron chi connectivity index (χ3n) is 1.43. The van der Waals surface area contributed by atoms with Gasteiger partial charge in [0, 0.05) is 18.8 Å². The molecule has 0 fully saturated rings. The predicted molar refractivity (Wildman–Crippen MR) is 41.5 cm³/mol. The van der Waals surface area contributed by atoms with Crippen LogP contribution in [0.5, 0.6) is 0 Å². The lowest BCUT2D eigenvalue weighted by atomic mass is 10.2. The Kier molecular flexibility index (Phi) is 3.57. The Morgan fingerprint density at radius 2 is 2.00 bits per heavy atom. The Morgan fingerprint density at radius 3 is 2.25 bits per heavy atom. The van der Waals surface area contributed by atoms with Crippen LogP contribution in [0.25, 0.3) is 0 Å². The molecular weight excluding hydrogens is 169 g/mol. The number of nitrogens with two attached hydrogens (primary N) is 1. The lowest BCUT2D eigenvalue weighted by molar-refractivity contribution is -0.139. The third-order valence-corrected chi connectivity index (χ3v) is 1.43. The Bertz CT molecular complexity index is 163. The lowest BCUT2D eigenvalue weighted by Crippen LogP contribution is -2.36. The summed E-state index contributed by atoms with van der Waals surface area (Å²) in [5.41, 5.74) is 5.63. The van der Waals surface area contributed by atoms with E-state index in [2.05, 4.69) is 6.58 Å². The Labute approximate surface area is 69.8 Å². The summed E-state index contributed by atoms with van der Waals surface area (Å²) in [5.74, 6) is 0. The van der Waals surface area contributed by atoms with Gasteiger partial charge in [-0.25, -0.2) is 0 Å². The molecule has 0 saturated carbocycles. The van der Waals surface area contributed by atoms with Gasteiger partial charge in [0.2, 0.25) is 0 Å². The average Bonchev–Trinajstić information content (AvgIpc) is 1.82. The van der Waals surface area contributed by atoms with Crippen molar-refractivity contribution in [3.8, 4) is 0 Å². The molecule has 0 rings (SSSR count). The molecule has 0 saturated heterocycles. The Hall–Kier alpha value is -0.710. The second-order valence-corrected chi connectivity index (χ2v) is 2.75. The van der Waals surface area contributed by atoms with E-state index < -0.39 is 18.8 Å². The van der Waals surface area contributed by atoms with Gasteiger partial charge < -0.3 is 10.6 Å². The summed E-state index contributed by atoms with van der Waals surface area (Å²) in [4.78, 5) is 1.00. The maximum atomic E-state index is 11.8. The van der Waals surface area contributed by atoms with Crippen molar-refractivity contribution in [3.63, 3.8) is 0 Å². The van der Waals surface area contributed by atoms with Crippen LogP contribution >= 0.6 is 0 Å². The molecule has 0 spiro atoms. The minimum atomic E-state index is -4.20. The quantitative estimate of drug-likeness (QED) is 0.713. The second-order valence-electron chi connectivity index (χ2n) is 2.75. The second kappa shape index (κ2) is 3.80. The van der Waals surface area contributed by atoms with Crippen LogP contribution in [-0.4, -0.2) is 30.7 Å². The zero-order valence-electron chi connectivity index (χ0n) is 7.15. The van der Waals surface area contributed by atoms with Crippen LogP contribution < -0.4 is 5.73 Å². The summed E-state index contributed by atoms with van der Waals surface area (Å²) in [6.07, 6.45) is -4.20. The molecule has 2 nitrogen and oxygen atoms in total. The first-order valence-corrected chi connectivity index (χ1v) is 3.46. The monoisotopic (exact) mass is 182 g/mol. The molecule has 0 unspecified atom stereocenters. The van der Waals surface area contributed by atoms with Crippen molar-refractivity contribution in [2.45, 2.75) is 19.1 Å². The average molecular weight is 182 g/mol. The smallest absolute Gasteiger partial charge is 0.368 e. The maximum absolute atomic E-state index is 11.8. The highest BCUT2D eigenvalue weighted by atomic mass is 19.4. The maximum Gasteiger partial charge on any atom is 0.405 e. The van der Waals surface area contributed by atoms with Crippen molar-refractivity contribution in [2.75, 3.05) is 13.6 Å². The van der Waals surface area contributed by atoms with E-state index in [1.54, 1.807) is 6.92 Å². The van der Waals surface area contributed by atoms with E-state index in [4.69, 9.17) is 5.73 Å². The van der Waals surface area contributed by atoms with Gasteiger partial charge >= 0.3 is 6.18 Å². The molecule has 0 aromatic rings. The molecular formula is C7H13F3N2. The fourth-order valence-corrected chi connectivity index (χ4v) is 0.718. The van der Waals surface area contributed by atoms with Gasteiger partial charge in [0.15, 0.2) is 0 Å². The summed E-state index contributed by atoms with van der Waals surface area (Å²) >= 11 is 0. The van der Waals surface area contributed by atoms with Crippen LogP contribution in [0.3, 0.4) is 0 Å². The van der Waals surface area contributed by atoms with Crippen molar-refractivity contribution in [1.29, 1.82) is 0 Å². The standard InChI is InChI=1S/C7H13F3N2/c1-5(11)6(2)12(3)4-7(8,9)10/h5H,2,4,11H2,1,3H3/t5-/m1/s1. The summed E-state index contributed by atoms with van der Waals surface area (Å²) in [6, 6.07) is -0.447. The topological polar surface area (TPSA) is 29.3 Å². The molecule has 0 aromatic heterocycles. The fraction of sp³-hybridized carbons (Fsp3) is 0.714. The van der Waals surface area contributed by atoms with Crippen molar-refractivity contribution in [1.82, 2.24) is 4.90 Å². The largest absolute Gasteiger partial charge is 0.405 e. The van der Waals surface area contributed by atoms with Crippen LogP contribution in [0.2, 0.25) is 0 Å². The lowest BCUT2D eigenvalue weighted by Gasteiger charge is -2.25. The van der Waals surface area contributed by atoms with Gasteiger partial charge in [0.05, 0.1) is 0 Å². The third kappa shape index (κ3) is 4.23. The number of nitrogens with zero attached hydrogens (tertiary/aromatic N) is 1. The van der Waals surface area contributed by atoms with Crippen molar-refractivity contribution < 1.29 is 13.2 Å². The number of rotatable bonds is 3. The highest BCUT2D eigenvalue weighted by Gasteiger charge is 2.30. The van der Waals surface area contributed by atoms with E-state index in [1.807, 2.05) is 0 Å².